The van der Waals surface area contributed by atoms with E-state index in [0.29, 0.717) is 18.7 Å². The maximum Gasteiger partial charge on any atom is 0.119 e. The lowest BCUT2D eigenvalue weighted by Gasteiger charge is -2.33. The summed E-state index contributed by atoms with van der Waals surface area (Å²) < 4.78 is 5.91. The standard InChI is InChI=1S/C15H21N3O2/c16-9-12-1-3-14(4-2-12)20-15-5-7-18(8-6-15)11-13(19)10-17/h1-4,13,15,19H,5-8,10-11,17H2/t13-/m0/s1. The average molecular weight is 275 g/mol. The molecule has 1 aromatic rings. The van der Waals surface area contributed by atoms with Crippen molar-refractivity contribution in [3.63, 3.8) is 0 Å². The number of aliphatic hydroxyl groups excluding tert-OH is 1. The number of hydrogen-bond donors (Lipinski definition) is 2. The van der Waals surface area contributed by atoms with Crippen LogP contribution in [-0.4, -0.2) is 48.4 Å². The van der Waals surface area contributed by atoms with Crippen molar-refractivity contribution in [3.8, 4) is 11.8 Å². The molecule has 3 N–H and O–H groups in total. The second kappa shape index (κ2) is 7.25. The molecule has 5 heteroatoms. The normalized spacial score (nSPS) is 18.4. The van der Waals surface area contributed by atoms with E-state index in [9.17, 15) is 5.11 Å². The fourth-order valence-corrected chi connectivity index (χ4v) is 2.38. The van der Waals surface area contributed by atoms with Gasteiger partial charge in [-0.2, -0.15) is 5.26 Å². The van der Waals surface area contributed by atoms with E-state index in [2.05, 4.69) is 11.0 Å². The molecule has 5 nitrogen and oxygen atoms in total. The molecule has 1 aromatic carbocycles. The smallest absolute Gasteiger partial charge is 0.119 e. The zero-order valence-electron chi connectivity index (χ0n) is 11.5. The first-order valence-corrected chi connectivity index (χ1v) is 6.98. The predicted molar refractivity (Wildman–Crippen MR) is 76.3 cm³/mol. The number of β-amino-alcohol motifs (C(OH)–C–C–N with tert-alkyl or cyclic N) is 1. The molecule has 0 saturated carbocycles. The van der Waals surface area contributed by atoms with Gasteiger partial charge in [0.2, 0.25) is 0 Å². The Morgan fingerprint density at radius 2 is 2.00 bits per heavy atom. The Bertz CT molecular complexity index is 447. The van der Waals surface area contributed by atoms with E-state index < -0.39 is 6.10 Å². The Kier molecular flexibility index (Phi) is 5.36. The summed E-state index contributed by atoms with van der Waals surface area (Å²) in [7, 11) is 0. The summed E-state index contributed by atoms with van der Waals surface area (Å²) in [5, 5.41) is 18.3. The van der Waals surface area contributed by atoms with E-state index in [0.717, 1.165) is 31.7 Å². The lowest BCUT2D eigenvalue weighted by molar-refractivity contribution is 0.0641. The first-order chi connectivity index (χ1) is 9.71. The molecule has 0 aliphatic carbocycles. The van der Waals surface area contributed by atoms with Gasteiger partial charge in [0, 0.05) is 26.2 Å². The van der Waals surface area contributed by atoms with Gasteiger partial charge in [-0.1, -0.05) is 0 Å². The summed E-state index contributed by atoms with van der Waals surface area (Å²) in [6, 6.07) is 9.30. The number of benzene rings is 1. The van der Waals surface area contributed by atoms with Crippen molar-refractivity contribution < 1.29 is 9.84 Å². The summed E-state index contributed by atoms with van der Waals surface area (Å²) in [4.78, 5) is 2.22. The number of ether oxygens (including phenoxy) is 1. The summed E-state index contributed by atoms with van der Waals surface area (Å²) in [6.07, 6.45) is 1.65. The zero-order valence-corrected chi connectivity index (χ0v) is 11.5. The minimum Gasteiger partial charge on any atom is -0.490 e. The van der Waals surface area contributed by atoms with Crippen LogP contribution in [0.2, 0.25) is 0 Å². The van der Waals surface area contributed by atoms with Gasteiger partial charge in [0.05, 0.1) is 17.7 Å². The van der Waals surface area contributed by atoms with E-state index >= 15 is 0 Å². The van der Waals surface area contributed by atoms with Gasteiger partial charge in [0.1, 0.15) is 11.9 Å². The number of aliphatic hydroxyl groups is 1. The molecule has 1 aliphatic heterocycles. The number of likely N-dealkylation sites (tertiary alicyclic amines) is 1. The highest BCUT2D eigenvalue weighted by Gasteiger charge is 2.21. The van der Waals surface area contributed by atoms with Crippen molar-refractivity contribution in [2.75, 3.05) is 26.2 Å². The molecule has 1 heterocycles. The summed E-state index contributed by atoms with van der Waals surface area (Å²) in [5.74, 6) is 0.810. The first-order valence-electron chi connectivity index (χ1n) is 6.98. The summed E-state index contributed by atoms with van der Waals surface area (Å²) >= 11 is 0. The van der Waals surface area contributed by atoms with E-state index in [1.54, 1.807) is 12.1 Å². The third kappa shape index (κ3) is 4.20. The molecule has 1 saturated heterocycles. The molecule has 0 radical (unpaired) electrons. The van der Waals surface area contributed by atoms with Gasteiger partial charge >= 0.3 is 0 Å². The highest BCUT2D eigenvalue weighted by atomic mass is 16.5. The van der Waals surface area contributed by atoms with Crippen LogP contribution in [0.1, 0.15) is 18.4 Å². The first kappa shape index (κ1) is 14.8. The quantitative estimate of drug-likeness (QED) is 0.827. The molecule has 0 spiro atoms. The van der Waals surface area contributed by atoms with E-state index in [-0.39, 0.29) is 6.10 Å². The monoisotopic (exact) mass is 275 g/mol. The highest BCUT2D eigenvalue weighted by Crippen LogP contribution is 2.19. The number of nitrogens with zero attached hydrogens (tertiary/aromatic N) is 2. The van der Waals surface area contributed by atoms with Crippen LogP contribution in [0.25, 0.3) is 0 Å². The van der Waals surface area contributed by atoms with Crippen molar-refractivity contribution in [2.45, 2.75) is 25.0 Å². The molecule has 20 heavy (non-hydrogen) atoms. The molecule has 108 valence electrons. The highest BCUT2D eigenvalue weighted by molar-refractivity contribution is 5.34. The summed E-state index contributed by atoms with van der Waals surface area (Å²) in [6.45, 7) is 2.78. The Labute approximate surface area is 119 Å². The molecule has 1 fully saturated rings. The van der Waals surface area contributed by atoms with Crippen molar-refractivity contribution in [1.29, 1.82) is 5.26 Å². The van der Waals surface area contributed by atoms with Crippen LogP contribution in [0.5, 0.6) is 5.75 Å². The van der Waals surface area contributed by atoms with Crippen molar-refractivity contribution in [1.82, 2.24) is 4.90 Å². The lowest BCUT2D eigenvalue weighted by atomic mass is 10.1. The van der Waals surface area contributed by atoms with E-state index in [4.69, 9.17) is 15.7 Å². The topological polar surface area (TPSA) is 82.5 Å². The third-order valence-corrected chi connectivity index (χ3v) is 3.56. The minimum absolute atomic E-state index is 0.203. The second-order valence-electron chi connectivity index (χ2n) is 5.14. The molecule has 0 aromatic heterocycles. The van der Waals surface area contributed by atoms with E-state index in [1.807, 2.05) is 12.1 Å². The Hall–Kier alpha value is -1.61. The van der Waals surface area contributed by atoms with Crippen molar-refractivity contribution in [2.24, 2.45) is 5.73 Å². The van der Waals surface area contributed by atoms with Crippen molar-refractivity contribution >= 4 is 0 Å². The van der Waals surface area contributed by atoms with Gasteiger partial charge in [-0.3, -0.25) is 0 Å². The van der Waals surface area contributed by atoms with E-state index in [1.165, 1.54) is 0 Å². The maximum atomic E-state index is 9.54. The summed E-state index contributed by atoms with van der Waals surface area (Å²) in [5.41, 5.74) is 6.06. The van der Waals surface area contributed by atoms with Crippen molar-refractivity contribution in [3.05, 3.63) is 29.8 Å². The fourth-order valence-electron chi connectivity index (χ4n) is 2.38. The van der Waals surface area contributed by atoms with Gasteiger partial charge in [0.15, 0.2) is 0 Å². The fraction of sp³-hybridized carbons (Fsp3) is 0.533. The van der Waals surface area contributed by atoms with Crippen LogP contribution in [-0.2, 0) is 0 Å². The van der Waals surface area contributed by atoms with Crippen LogP contribution in [0.4, 0.5) is 0 Å². The van der Waals surface area contributed by atoms with Crippen LogP contribution >= 0.6 is 0 Å². The average Bonchev–Trinajstić information content (AvgIpc) is 2.50. The largest absolute Gasteiger partial charge is 0.490 e. The molecular formula is C15H21N3O2. The molecular weight excluding hydrogens is 254 g/mol. The molecule has 0 amide bonds. The third-order valence-electron chi connectivity index (χ3n) is 3.56. The number of hydrogen-bond acceptors (Lipinski definition) is 5. The van der Waals surface area contributed by atoms with Crippen LogP contribution in [0.15, 0.2) is 24.3 Å². The molecule has 0 bridgehead atoms. The van der Waals surface area contributed by atoms with Gasteiger partial charge in [-0.15, -0.1) is 0 Å². The number of rotatable bonds is 5. The Morgan fingerprint density at radius 1 is 1.35 bits per heavy atom. The lowest BCUT2D eigenvalue weighted by Crippen LogP contribution is -2.43. The SMILES string of the molecule is N#Cc1ccc(OC2CCN(C[C@@H](O)CN)CC2)cc1. The zero-order chi connectivity index (χ0) is 14.4. The number of nitriles is 1. The minimum atomic E-state index is -0.439. The number of piperidine rings is 1. The second-order valence-corrected chi connectivity index (χ2v) is 5.14. The Morgan fingerprint density at radius 3 is 2.55 bits per heavy atom. The molecule has 1 aliphatic rings. The van der Waals surface area contributed by atoms with Gasteiger partial charge in [0.25, 0.3) is 0 Å². The number of nitrogens with two attached hydrogens (primary N) is 1. The van der Waals surface area contributed by atoms with Gasteiger partial charge in [-0.25, -0.2) is 0 Å². The van der Waals surface area contributed by atoms with Gasteiger partial charge in [-0.05, 0) is 37.1 Å². The molecule has 2 rings (SSSR count). The predicted octanol–water partition coefficient (Wildman–Crippen LogP) is 0.721. The molecule has 0 unspecified atom stereocenters. The van der Waals surface area contributed by atoms with Crippen LogP contribution < -0.4 is 10.5 Å². The molecule has 1 atom stereocenters. The Balaban J connectivity index is 1.77. The van der Waals surface area contributed by atoms with Gasteiger partial charge < -0.3 is 20.5 Å². The maximum absolute atomic E-state index is 9.54. The van der Waals surface area contributed by atoms with Crippen LogP contribution in [0, 0.1) is 11.3 Å². The van der Waals surface area contributed by atoms with Crippen LogP contribution in [0.3, 0.4) is 0 Å².